The molecule has 0 aliphatic carbocycles. The maximum absolute atomic E-state index is 11.7. The summed E-state index contributed by atoms with van der Waals surface area (Å²) in [7, 11) is -1.51. The van der Waals surface area contributed by atoms with Crippen LogP contribution in [0, 0.1) is 0 Å². The van der Waals surface area contributed by atoms with Crippen LogP contribution < -0.4 is 5.32 Å². The fourth-order valence-electron chi connectivity index (χ4n) is 2.47. The maximum Gasteiger partial charge on any atom is 0.322 e. The zero-order valence-electron chi connectivity index (χ0n) is 12.8. The minimum atomic E-state index is -2.89. The highest BCUT2D eigenvalue weighted by Crippen LogP contribution is 2.12. The molecule has 0 amide bonds. The molecule has 1 aliphatic heterocycles. The summed E-state index contributed by atoms with van der Waals surface area (Å²) in [5.41, 5.74) is 0. The number of rotatable bonds is 6. The zero-order valence-corrected chi connectivity index (χ0v) is 13.6. The second-order valence-corrected chi connectivity index (χ2v) is 7.91. The summed E-state index contributed by atoms with van der Waals surface area (Å²) >= 11 is 0. The van der Waals surface area contributed by atoms with E-state index in [-0.39, 0.29) is 35.6 Å². The van der Waals surface area contributed by atoms with Crippen LogP contribution in [0.2, 0.25) is 0 Å². The zero-order chi connectivity index (χ0) is 15.3. The summed E-state index contributed by atoms with van der Waals surface area (Å²) in [4.78, 5) is 13.8. The van der Waals surface area contributed by atoms with Crippen molar-refractivity contribution in [1.29, 1.82) is 0 Å². The SMILES string of the molecule is COC(=O)C(CCN1CCS(=O)(=O)CC1C)NC(C)C. The lowest BCUT2D eigenvalue weighted by Crippen LogP contribution is -2.49. The van der Waals surface area contributed by atoms with Crippen molar-refractivity contribution in [2.24, 2.45) is 0 Å². The third-order valence-corrected chi connectivity index (χ3v) is 5.33. The van der Waals surface area contributed by atoms with E-state index in [0.29, 0.717) is 19.5 Å². The van der Waals surface area contributed by atoms with Crippen molar-refractivity contribution in [3.05, 3.63) is 0 Å². The minimum Gasteiger partial charge on any atom is -0.468 e. The van der Waals surface area contributed by atoms with Crippen molar-refractivity contribution < 1.29 is 17.9 Å². The molecule has 6 nitrogen and oxygen atoms in total. The van der Waals surface area contributed by atoms with E-state index in [9.17, 15) is 13.2 Å². The number of esters is 1. The van der Waals surface area contributed by atoms with Gasteiger partial charge in [-0.2, -0.15) is 0 Å². The first-order valence-corrected chi connectivity index (χ1v) is 8.85. The molecular weight excluding hydrogens is 280 g/mol. The van der Waals surface area contributed by atoms with E-state index >= 15 is 0 Å². The van der Waals surface area contributed by atoms with Gasteiger partial charge in [0.1, 0.15) is 6.04 Å². The quantitative estimate of drug-likeness (QED) is 0.698. The van der Waals surface area contributed by atoms with Gasteiger partial charge >= 0.3 is 5.97 Å². The lowest BCUT2D eigenvalue weighted by atomic mass is 10.1. The molecule has 7 heteroatoms. The molecule has 1 aliphatic rings. The van der Waals surface area contributed by atoms with Gasteiger partial charge in [0, 0.05) is 25.2 Å². The van der Waals surface area contributed by atoms with Crippen LogP contribution in [0.3, 0.4) is 0 Å². The Labute approximate surface area is 121 Å². The van der Waals surface area contributed by atoms with Crippen molar-refractivity contribution >= 4 is 15.8 Å². The van der Waals surface area contributed by atoms with Crippen molar-refractivity contribution in [1.82, 2.24) is 10.2 Å². The average molecular weight is 306 g/mol. The van der Waals surface area contributed by atoms with Gasteiger partial charge in [-0.15, -0.1) is 0 Å². The molecule has 0 aromatic carbocycles. The van der Waals surface area contributed by atoms with Gasteiger partial charge in [0.05, 0.1) is 18.6 Å². The summed E-state index contributed by atoms with van der Waals surface area (Å²) in [6, 6.07) is -0.143. The molecular formula is C13H26N2O4S. The molecule has 0 aromatic heterocycles. The topological polar surface area (TPSA) is 75.7 Å². The fraction of sp³-hybridized carbons (Fsp3) is 0.923. The fourth-order valence-corrected chi connectivity index (χ4v) is 4.10. The first-order chi connectivity index (χ1) is 9.25. The Morgan fingerprint density at radius 3 is 2.60 bits per heavy atom. The number of nitrogens with zero attached hydrogens (tertiary/aromatic N) is 1. The number of ether oxygens (including phenoxy) is 1. The summed E-state index contributed by atoms with van der Waals surface area (Å²) in [6.45, 7) is 7.10. The molecule has 1 rings (SSSR count). The van der Waals surface area contributed by atoms with E-state index < -0.39 is 9.84 Å². The third-order valence-electron chi connectivity index (χ3n) is 3.53. The van der Waals surface area contributed by atoms with E-state index in [1.807, 2.05) is 20.8 Å². The molecule has 1 fully saturated rings. The Balaban J connectivity index is 2.53. The molecule has 2 atom stereocenters. The highest BCUT2D eigenvalue weighted by Gasteiger charge is 2.29. The first kappa shape index (κ1) is 17.4. The van der Waals surface area contributed by atoms with Crippen LogP contribution in [-0.2, 0) is 19.4 Å². The predicted octanol–water partition coefficient (Wildman–Crippen LogP) is 0.0350. The molecule has 0 spiro atoms. The van der Waals surface area contributed by atoms with Crippen LogP contribution in [0.25, 0.3) is 0 Å². The van der Waals surface area contributed by atoms with Crippen molar-refractivity contribution in [2.75, 3.05) is 31.7 Å². The summed E-state index contributed by atoms with van der Waals surface area (Å²) in [5.74, 6) is 0.140. The van der Waals surface area contributed by atoms with Gasteiger partial charge in [-0.3, -0.25) is 9.69 Å². The molecule has 0 radical (unpaired) electrons. The van der Waals surface area contributed by atoms with Crippen LogP contribution in [0.1, 0.15) is 27.2 Å². The predicted molar refractivity (Wildman–Crippen MR) is 78.4 cm³/mol. The third kappa shape index (κ3) is 5.38. The number of sulfone groups is 1. The second kappa shape index (κ2) is 7.38. The van der Waals surface area contributed by atoms with E-state index in [0.717, 1.165) is 0 Å². The monoisotopic (exact) mass is 306 g/mol. The first-order valence-electron chi connectivity index (χ1n) is 7.03. The van der Waals surface area contributed by atoms with Crippen molar-refractivity contribution in [2.45, 2.75) is 45.3 Å². The van der Waals surface area contributed by atoms with Crippen molar-refractivity contribution in [3.63, 3.8) is 0 Å². The standard InChI is InChI=1S/C13H26N2O4S/c1-10(2)14-12(13(16)19-4)5-6-15-7-8-20(17,18)9-11(15)3/h10-12,14H,5-9H2,1-4H3. The number of carbonyl (C=O) groups is 1. The van der Waals surface area contributed by atoms with Crippen LogP contribution in [0.5, 0.6) is 0 Å². The Morgan fingerprint density at radius 1 is 1.45 bits per heavy atom. The molecule has 1 N–H and O–H groups in total. The number of nitrogens with one attached hydrogen (secondary N) is 1. The van der Waals surface area contributed by atoms with Gasteiger partial charge in [-0.1, -0.05) is 13.8 Å². The van der Waals surface area contributed by atoms with E-state index in [1.54, 1.807) is 0 Å². The molecule has 1 saturated heterocycles. The lowest BCUT2D eigenvalue weighted by Gasteiger charge is -2.34. The van der Waals surface area contributed by atoms with Crippen LogP contribution in [-0.4, -0.2) is 69.1 Å². The van der Waals surface area contributed by atoms with Crippen molar-refractivity contribution in [3.8, 4) is 0 Å². The van der Waals surface area contributed by atoms with Gasteiger partial charge in [-0.25, -0.2) is 8.42 Å². The average Bonchev–Trinajstić information content (AvgIpc) is 2.34. The highest BCUT2D eigenvalue weighted by atomic mass is 32.2. The Hall–Kier alpha value is -0.660. The lowest BCUT2D eigenvalue weighted by molar-refractivity contribution is -0.143. The second-order valence-electron chi connectivity index (χ2n) is 5.69. The summed E-state index contributed by atoms with van der Waals surface area (Å²) < 4.78 is 27.9. The molecule has 0 saturated carbocycles. The highest BCUT2D eigenvalue weighted by molar-refractivity contribution is 7.91. The van der Waals surface area contributed by atoms with Gasteiger partial charge in [0.25, 0.3) is 0 Å². The van der Waals surface area contributed by atoms with Crippen LogP contribution >= 0.6 is 0 Å². The normalized spacial score (nSPS) is 24.6. The number of carbonyl (C=O) groups excluding carboxylic acids is 1. The Bertz CT molecular complexity index is 422. The van der Waals surface area contributed by atoms with E-state index in [4.69, 9.17) is 4.74 Å². The van der Waals surface area contributed by atoms with Gasteiger partial charge < -0.3 is 10.1 Å². The maximum atomic E-state index is 11.7. The molecule has 2 unspecified atom stereocenters. The van der Waals surface area contributed by atoms with Gasteiger partial charge in [-0.05, 0) is 13.3 Å². The molecule has 0 aromatic rings. The minimum absolute atomic E-state index is 0.00565. The Morgan fingerprint density at radius 2 is 2.10 bits per heavy atom. The molecule has 20 heavy (non-hydrogen) atoms. The summed E-state index contributed by atoms with van der Waals surface area (Å²) in [6.07, 6.45) is 0.620. The largest absolute Gasteiger partial charge is 0.468 e. The molecule has 1 heterocycles. The van der Waals surface area contributed by atoms with Gasteiger partial charge in [0.15, 0.2) is 9.84 Å². The van der Waals surface area contributed by atoms with E-state index in [2.05, 4.69) is 10.2 Å². The number of hydrogen-bond acceptors (Lipinski definition) is 6. The smallest absolute Gasteiger partial charge is 0.322 e. The number of methoxy groups -OCH3 is 1. The molecule has 118 valence electrons. The number of hydrogen-bond donors (Lipinski definition) is 1. The van der Waals surface area contributed by atoms with Crippen LogP contribution in [0.4, 0.5) is 0 Å². The van der Waals surface area contributed by atoms with Gasteiger partial charge in [0.2, 0.25) is 0 Å². The Kier molecular flexibility index (Phi) is 6.42. The molecule has 0 bridgehead atoms. The summed E-state index contributed by atoms with van der Waals surface area (Å²) in [5, 5.41) is 3.18. The van der Waals surface area contributed by atoms with Crippen LogP contribution in [0.15, 0.2) is 0 Å². The van der Waals surface area contributed by atoms with E-state index in [1.165, 1.54) is 7.11 Å².